The number of imidazole rings is 1. The summed E-state index contributed by atoms with van der Waals surface area (Å²) in [5.41, 5.74) is 0.775. The first kappa shape index (κ1) is 21.0. The lowest BCUT2D eigenvalue weighted by Crippen LogP contribution is -2.20. The Hall–Kier alpha value is -2.73. The number of rotatable bonds is 7. The van der Waals surface area contributed by atoms with E-state index in [1.54, 1.807) is 24.3 Å². The summed E-state index contributed by atoms with van der Waals surface area (Å²) < 4.78 is 65.4. The third-order valence-electron chi connectivity index (χ3n) is 3.66. The highest BCUT2D eigenvalue weighted by Gasteiger charge is 2.18. The maximum absolute atomic E-state index is 13.8. The molecule has 7 nitrogen and oxygen atoms in total. The smallest absolute Gasteiger partial charge is 0.291 e. The van der Waals surface area contributed by atoms with E-state index in [0.717, 1.165) is 18.4 Å². The van der Waals surface area contributed by atoms with Crippen molar-refractivity contribution in [1.82, 2.24) is 9.55 Å². The van der Waals surface area contributed by atoms with Crippen molar-refractivity contribution < 1.29 is 26.4 Å². The Kier molecular flexibility index (Phi) is 6.03. The van der Waals surface area contributed by atoms with E-state index in [1.807, 2.05) is 4.72 Å². The van der Waals surface area contributed by atoms with Gasteiger partial charge in [0, 0.05) is 5.69 Å². The lowest BCUT2D eigenvalue weighted by atomic mass is 10.2. The predicted molar refractivity (Wildman–Crippen MR) is 105 cm³/mol. The maximum Gasteiger partial charge on any atom is 0.291 e. The van der Waals surface area contributed by atoms with Gasteiger partial charge in [-0.25, -0.2) is 17.8 Å². The van der Waals surface area contributed by atoms with Crippen molar-refractivity contribution in [2.24, 2.45) is 0 Å². The van der Waals surface area contributed by atoms with E-state index in [1.165, 1.54) is 10.6 Å². The van der Waals surface area contributed by atoms with Gasteiger partial charge in [0.1, 0.15) is 12.4 Å². The van der Waals surface area contributed by atoms with Crippen LogP contribution in [0.1, 0.15) is 0 Å². The molecule has 0 radical (unpaired) electrons. The van der Waals surface area contributed by atoms with Gasteiger partial charge in [-0.15, -0.1) is 0 Å². The number of carbonyl (C=O) groups is 1. The zero-order chi connectivity index (χ0) is 21.2. The molecule has 12 heteroatoms. The minimum atomic E-state index is -3.72. The van der Waals surface area contributed by atoms with E-state index in [-0.39, 0.29) is 34.8 Å². The third kappa shape index (κ3) is 5.41. The molecular weight excluding hydrogens is 429 g/mol. The van der Waals surface area contributed by atoms with Crippen molar-refractivity contribution >= 4 is 50.1 Å². The molecule has 0 spiro atoms. The number of amides is 1. The van der Waals surface area contributed by atoms with Crippen LogP contribution in [-0.2, 0) is 21.4 Å². The van der Waals surface area contributed by atoms with Gasteiger partial charge in [-0.3, -0.25) is 9.52 Å². The van der Waals surface area contributed by atoms with Crippen molar-refractivity contribution in [3.8, 4) is 0 Å². The van der Waals surface area contributed by atoms with Gasteiger partial charge in [-0.05, 0) is 42.1 Å². The fraction of sp³-hybridized carbons (Fsp3) is 0.176. The summed E-state index contributed by atoms with van der Waals surface area (Å²) in [6, 6.07) is 10.0. The number of anilines is 2. The lowest BCUT2D eigenvalue weighted by molar-refractivity contribution is -0.116. The number of hydrogen-bond acceptors (Lipinski definition) is 5. The molecule has 0 unspecified atom stereocenters. The van der Waals surface area contributed by atoms with Gasteiger partial charge in [0.05, 0.1) is 23.0 Å². The van der Waals surface area contributed by atoms with Gasteiger partial charge in [-0.1, -0.05) is 12.1 Å². The number of para-hydroxylation sites is 2. The second kappa shape index (κ2) is 8.33. The van der Waals surface area contributed by atoms with Crippen molar-refractivity contribution in [3.05, 3.63) is 48.3 Å². The first-order valence-corrected chi connectivity index (χ1v) is 10.9. The number of carbonyl (C=O) groups excluding carboxylic acids is 1. The number of nitrogens with zero attached hydrogens (tertiary/aromatic N) is 2. The van der Waals surface area contributed by atoms with Crippen LogP contribution in [0.15, 0.2) is 47.6 Å². The molecule has 1 heterocycles. The van der Waals surface area contributed by atoms with Crippen molar-refractivity contribution in [3.63, 3.8) is 0 Å². The van der Waals surface area contributed by atoms with Crippen LogP contribution in [0.3, 0.4) is 0 Å². The van der Waals surface area contributed by atoms with Gasteiger partial charge in [0.25, 0.3) is 5.76 Å². The van der Waals surface area contributed by atoms with Crippen molar-refractivity contribution in [2.75, 3.05) is 16.3 Å². The van der Waals surface area contributed by atoms with E-state index in [0.29, 0.717) is 11.0 Å². The average molecular weight is 444 g/mol. The molecule has 1 amide bonds. The van der Waals surface area contributed by atoms with Gasteiger partial charge >= 0.3 is 0 Å². The minimum absolute atomic E-state index is 0.0186. The highest BCUT2D eigenvalue weighted by atomic mass is 32.2. The molecular formula is C17H15F3N4O3S2. The average Bonchev–Trinajstić information content (AvgIpc) is 2.93. The minimum Gasteiger partial charge on any atom is -0.324 e. The monoisotopic (exact) mass is 444 g/mol. The Bertz CT molecular complexity index is 1170. The summed E-state index contributed by atoms with van der Waals surface area (Å²) in [5.74, 6) is -4.11. The zero-order valence-electron chi connectivity index (χ0n) is 14.9. The molecule has 2 aromatic carbocycles. The molecule has 0 aliphatic rings. The number of alkyl halides is 2. The predicted octanol–water partition coefficient (Wildman–Crippen LogP) is 3.50. The van der Waals surface area contributed by atoms with Crippen LogP contribution in [0.2, 0.25) is 0 Å². The third-order valence-corrected chi connectivity index (χ3v) is 4.95. The Balaban J connectivity index is 1.84. The maximum atomic E-state index is 13.8. The molecule has 0 atom stereocenters. The molecule has 0 aliphatic carbocycles. The van der Waals surface area contributed by atoms with Crippen LogP contribution in [0, 0.1) is 5.82 Å². The van der Waals surface area contributed by atoms with Crippen LogP contribution in [-0.4, -0.2) is 35.9 Å². The number of sulfonamides is 1. The fourth-order valence-corrected chi connectivity index (χ4v) is 3.76. The molecule has 0 saturated carbocycles. The molecule has 3 rings (SSSR count). The summed E-state index contributed by atoms with van der Waals surface area (Å²) in [7, 11) is -3.72. The largest absolute Gasteiger partial charge is 0.324 e. The quantitative estimate of drug-likeness (QED) is 0.544. The van der Waals surface area contributed by atoms with Crippen molar-refractivity contribution in [1.29, 1.82) is 0 Å². The van der Waals surface area contributed by atoms with Crippen LogP contribution in [0.5, 0.6) is 0 Å². The van der Waals surface area contributed by atoms with E-state index < -0.39 is 27.5 Å². The van der Waals surface area contributed by atoms with Crippen molar-refractivity contribution in [2.45, 2.75) is 17.5 Å². The molecule has 3 aromatic rings. The van der Waals surface area contributed by atoms with Crippen LogP contribution < -0.4 is 10.0 Å². The molecule has 0 fully saturated rings. The summed E-state index contributed by atoms with van der Waals surface area (Å²) in [4.78, 5) is 16.6. The first-order chi connectivity index (χ1) is 13.6. The van der Waals surface area contributed by atoms with E-state index in [2.05, 4.69) is 10.3 Å². The molecule has 29 heavy (non-hydrogen) atoms. The molecule has 0 aliphatic heterocycles. The SMILES string of the molecule is CS(=O)(=O)Nc1cc(NC(=O)Cn2c(SC(F)F)nc3ccccc32)ccc1F. The molecule has 154 valence electrons. The topological polar surface area (TPSA) is 93.1 Å². The highest BCUT2D eigenvalue weighted by Crippen LogP contribution is 2.28. The van der Waals surface area contributed by atoms with Gasteiger partial charge in [0.2, 0.25) is 15.9 Å². The first-order valence-electron chi connectivity index (χ1n) is 8.09. The van der Waals surface area contributed by atoms with Crippen LogP contribution in [0.25, 0.3) is 11.0 Å². The molecule has 0 saturated heterocycles. The summed E-state index contributed by atoms with van der Waals surface area (Å²) in [6.07, 6.45) is 0.865. The molecule has 2 N–H and O–H groups in total. The highest BCUT2D eigenvalue weighted by molar-refractivity contribution is 7.99. The number of nitrogens with one attached hydrogen (secondary N) is 2. The number of thioether (sulfide) groups is 1. The second-order valence-electron chi connectivity index (χ2n) is 5.96. The van der Waals surface area contributed by atoms with Crippen LogP contribution in [0.4, 0.5) is 24.5 Å². The Morgan fingerprint density at radius 3 is 2.66 bits per heavy atom. The summed E-state index contributed by atoms with van der Waals surface area (Å²) >= 11 is 0.222. The van der Waals surface area contributed by atoms with Gasteiger partial charge < -0.3 is 9.88 Å². The number of hydrogen-bond donors (Lipinski definition) is 2. The standard InChI is InChI=1S/C17H15F3N4O3S2/c1-29(26,27)23-13-8-10(6-7-11(13)18)21-15(25)9-24-14-5-3-2-4-12(14)22-17(24)28-16(19)20/h2-8,16,23H,9H2,1H3,(H,21,25). The molecule has 1 aromatic heterocycles. The Labute approximate surface area is 168 Å². The number of halogens is 3. The van der Waals surface area contributed by atoms with Crippen LogP contribution >= 0.6 is 11.8 Å². The van der Waals surface area contributed by atoms with E-state index in [4.69, 9.17) is 0 Å². The van der Waals surface area contributed by atoms with Gasteiger partial charge in [-0.2, -0.15) is 8.78 Å². The summed E-state index contributed by atoms with van der Waals surface area (Å²) in [5, 5.41) is 2.47. The second-order valence-corrected chi connectivity index (χ2v) is 8.67. The van der Waals surface area contributed by atoms with E-state index >= 15 is 0 Å². The zero-order valence-corrected chi connectivity index (χ0v) is 16.5. The number of fused-ring (bicyclic) bond motifs is 1. The molecule has 0 bridgehead atoms. The fourth-order valence-electron chi connectivity index (χ4n) is 2.60. The Morgan fingerprint density at radius 1 is 1.24 bits per heavy atom. The number of benzene rings is 2. The van der Waals surface area contributed by atoms with Gasteiger partial charge in [0.15, 0.2) is 5.16 Å². The number of aromatic nitrogens is 2. The lowest BCUT2D eigenvalue weighted by Gasteiger charge is -2.11. The Morgan fingerprint density at radius 2 is 1.97 bits per heavy atom. The van der Waals surface area contributed by atoms with E-state index in [9.17, 15) is 26.4 Å². The summed E-state index contributed by atoms with van der Waals surface area (Å²) in [6.45, 7) is -0.318. The normalized spacial score (nSPS) is 11.8.